The number of fused-ring (bicyclic) bond motifs is 1. The highest BCUT2D eigenvalue weighted by Gasteiger charge is 2.41. The van der Waals surface area contributed by atoms with Crippen molar-refractivity contribution in [2.45, 2.75) is 46.2 Å². The van der Waals surface area contributed by atoms with E-state index in [0.717, 1.165) is 42.0 Å². The van der Waals surface area contributed by atoms with Gasteiger partial charge in [-0.15, -0.1) is 0 Å². The predicted molar refractivity (Wildman–Crippen MR) is 110 cm³/mol. The second kappa shape index (κ2) is 8.03. The fourth-order valence-corrected chi connectivity index (χ4v) is 3.46. The number of hydrogen-bond acceptors (Lipinski definition) is 3. The van der Waals surface area contributed by atoms with Gasteiger partial charge in [-0.1, -0.05) is 51.5 Å². The zero-order chi connectivity index (χ0) is 19.4. The van der Waals surface area contributed by atoms with Gasteiger partial charge in [-0.05, 0) is 49.1 Å². The molecule has 4 nitrogen and oxygen atoms in total. The van der Waals surface area contributed by atoms with E-state index < -0.39 is 5.66 Å². The summed E-state index contributed by atoms with van der Waals surface area (Å²) in [6, 6.07) is 15.9. The molecule has 1 aliphatic rings. The largest absolute Gasteiger partial charge is 0.493 e. The van der Waals surface area contributed by atoms with Crippen molar-refractivity contribution >= 4 is 11.6 Å². The standard InChI is InChI=1S/C23H30N2O2/c1-5-6-15-25-22(26)20-9-7-8-10-21(20)24-23(25,4)18-11-13-19(14-12-18)27-16-17(2)3/h7-14,17,24H,5-6,15-16H2,1-4H3. The maximum atomic E-state index is 13.2. The van der Waals surface area contributed by atoms with Crippen LogP contribution in [0.2, 0.25) is 0 Å². The van der Waals surface area contributed by atoms with Crippen molar-refractivity contribution < 1.29 is 9.53 Å². The summed E-state index contributed by atoms with van der Waals surface area (Å²) < 4.78 is 5.81. The highest BCUT2D eigenvalue weighted by atomic mass is 16.5. The van der Waals surface area contributed by atoms with Gasteiger partial charge in [-0.25, -0.2) is 0 Å². The molecule has 0 spiro atoms. The van der Waals surface area contributed by atoms with Crippen LogP contribution in [0.5, 0.6) is 5.75 Å². The smallest absolute Gasteiger partial charge is 0.258 e. The van der Waals surface area contributed by atoms with Crippen molar-refractivity contribution in [1.29, 1.82) is 0 Å². The number of carbonyl (C=O) groups is 1. The van der Waals surface area contributed by atoms with Crippen molar-refractivity contribution in [2.75, 3.05) is 18.5 Å². The van der Waals surface area contributed by atoms with E-state index in [0.29, 0.717) is 12.5 Å². The molecule has 4 heteroatoms. The van der Waals surface area contributed by atoms with Gasteiger partial charge in [0, 0.05) is 12.2 Å². The number of ether oxygens (including phenoxy) is 1. The third-order valence-electron chi connectivity index (χ3n) is 5.06. The first-order valence-corrected chi connectivity index (χ1v) is 9.88. The van der Waals surface area contributed by atoms with E-state index in [1.165, 1.54) is 0 Å². The van der Waals surface area contributed by atoms with Crippen molar-refractivity contribution in [1.82, 2.24) is 4.90 Å². The van der Waals surface area contributed by atoms with E-state index in [1.807, 2.05) is 41.3 Å². The minimum absolute atomic E-state index is 0.0837. The summed E-state index contributed by atoms with van der Waals surface area (Å²) in [4.78, 5) is 15.2. The summed E-state index contributed by atoms with van der Waals surface area (Å²) in [6.07, 6.45) is 2.02. The molecule has 1 unspecified atom stereocenters. The topological polar surface area (TPSA) is 41.6 Å². The van der Waals surface area contributed by atoms with Crippen LogP contribution in [0, 0.1) is 5.92 Å². The van der Waals surface area contributed by atoms with Crippen molar-refractivity contribution in [3.05, 3.63) is 59.7 Å². The van der Waals surface area contributed by atoms with Gasteiger partial charge >= 0.3 is 0 Å². The van der Waals surface area contributed by atoms with Gasteiger partial charge in [0.15, 0.2) is 0 Å². The lowest BCUT2D eigenvalue weighted by molar-refractivity contribution is 0.0531. The predicted octanol–water partition coefficient (Wildman–Crippen LogP) is 5.26. The molecule has 0 saturated carbocycles. The molecule has 0 aromatic heterocycles. The van der Waals surface area contributed by atoms with Crippen LogP contribution in [0.3, 0.4) is 0 Å². The zero-order valence-electron chi connectivity index (χ0n) is 16.8. The van der Waals surface area contributed by atoms with Gasteiger partial charge in [-0.3, -0.25) is 4.79 Å². The van der Waals surface area contributed by atoms with Crippen LogP contribution in [0.1, 0.15) is 56.5 Å². The Bertz CT molecular complexity index is 785. The number of para-hydroxylation sites is 1. The first-order chi connectivity index (χ1) is 13.0. The molecule has 1 amide bonds. The SMILES string of the molecule is CCCCN1C(=O)c2ccccc2NC1(C)c1ccc(OCC(C)C)cc1. The van der Waals surface area contributed by atoms with E-state index in [-0.39, 0.29) is 5.91 Å². The Morgan fingerprint density at radius 3 is 2.48 bits per heavy atom. The maximum absolute atomic E-state index is 13.2. The number of nitrogens with zero attached hydrogens (tertiary/aromatic N) is 1. The van der Waals surface area contributed by atoms with E-state index >= 15 is 0 Å². The van der Waals surface area contributed by atoms with E-state index in [4.69, 9.17) is 4.74 Å². The molecule has 27 heavy (non-hydrogen) atoms. The lowest BCUT2D eigenvalue weighted by Gasteiger charge is -2.47. The number of benzene rings is 2. The number of carbonyl (C=O) groups excluding carboxylic acids is 1. The summed E-state index contributed by atoms with van der Waals surface area (Å²) in [7, 11) is 0. The molecule has 0 saturated heterocycles. The van der Waals surface area contributed by atoms with Crippen LogP contribution in [0.4, 0.5) is 5.69 Å². The van der Waals surface area contributed by atoms with Gasteiger partial charge in [-0.2, -0.15) is 0 Å². The minimum atomic E-state index is -0.586. The van der Waals surface area contributed by atoms with Crippen molar-refractivity contribution in [3.63, 3.8) is 0 Å². The molecule has 2 aromatic rings. The number of unbranched alkanes of at least 4 members (excludes halogenated alkanes) is 1. The van der Waals surface area contributed by atoms with Crippen molar-refractivity contribution in [3.8, 4) is 5.75 Å². The second-order valence-corrected chi connectivity index (χ2v) is 7.78. The molecule has 0 bridgehead atoms. The Balaban J connectivity index is 1.93. The average Bonchev–Trinajstić information content (AvgIpc) is 2.66. The van der Waals surface area contributed by atoms with Crippen LogP contribution < -0.4 is 10.1 Å². The van der Waals surface area contributed by atoms with Crippen LogP contribution in [-0.2, 0) is 5.66 Å². The summed E-state index contributed by atoms with van der Waals surface area (Å²) in [5, 5.41) is 3.61. The van der Waals surface area contributed by atoms with E-state index in [2.05, 4.69) is 45.1 Å². The number of nitrogens with one attached hydrogen (secondary N) is 1. The highest BCUT2D eigenvalue weighted by molar-refractivity contribution is 6.02. The molecule has 1 atom stereocenters. The van der Waals surface area contributed by atoms with Crippen molar-refractivity contribution in [2.24, 2.45) is 5.92 Å². The van der Waals surface area contributed by atoms with Crippen LogP contribution in [0.15, 0.2) is 48.5 Å². The molecular weight excluding hydrogens is 336 g/mol. The number of amides is 1. The Labute approximate surface area is 162 Å². The lowest BCUT2D eigenvalue weighted by Crippen LogP contribution is -2.56. The quantitative estimate of drug-likeness (QED) is 0.726. The van der Waals surface area contributed by atoms with Crippen LogP contribution >= 0.6 is 0 Å². The molecule has 0 aliphatic carbocycles. The number of anilines is 1. The first-order valence-electron chi connectivity index (χ1n) is 9.88. The molecule has 0 radical (unpaired) electrons. The van der Waals surface area contributed by atoms with Gasteiger partial charge < -0.3 is 15.0 Å². The molecule has 1 N–H and O–H groups in total. The molecule has 1 aliphatic heterocycles. The third kappa shape index (κ3) is 3.95. The number of hydrogen-bond donors (Lipinski definition) is 1. The normalized spacial score (nSPS) is 19.0. The van der Waals surface area contributed by atoms with Gasteiger partial charge in [0.25, 0.3) is 5.91 Å². The molecule has 144 valence electrons. The Kier molecular flexibility index (Phi) is 5.73. The summed E-state index contributed by atoms with van der Waals surface area (Å²) in [5.74, 6) is 1.43. The average molecular weight is 367 g/mol. The molecule has 2 aromatic carbocycles. The first kappa shape index (κ1) is 19.3. The van der Waals surface area contributed by atoms with Gasteiger partial charge in [0.05, 0.1) is 12.2 Å². The molecule has 1 heterocycles. The Morgan fingerprint density at radius 1 is 1.11 bits per heavy atom. The monoisotopic (exact) mass is 366 g/mol. The Hall–Kier alpha value is -2.49. The zero-order valence-corrected chi connectivity index (χ0v) is 16.8. The highest BCUT2D eigenvalue weighted by Crippen LogP contribution is 2.38. The molecular formula is C23H30N2O2. The van der Waals surface area contributed by atoms with E-state index in [1.54, 1.807) is 0 Å². The van der Waals surface area contributed by atoms with E-state index in [9.17, 15) is 4.79 Å². The van der Waals surface area contributed by atoms with Crippen LogP contribution in [0.25, 0.3) is 0 Å². The fourth-order valence-electron chi connectivity index (χ4n) is 3.46. The fraction of sp³-hybridized carbons (Fsp3) is 0.435. The Morgan fingerprint density at radius 2 is 1.81 bits per heavy atom. The minimum Gasteiger partial charge on any atom is -0.493 e. The molecule has 0 fully saturated rings. The summed E-state index contributed by atoms with van der Waals surface area (Å²) in [6.45, 7) is 9.92. The lowest BCUT2D eigenvalue weighted by atomic mass is 9.93. The molecule has 3 rings (SSSR count). The van der Waals surface area contributed by atoms with Crippen LogP contribution in [-0.4, -0.2) is 24.0 Å². The second-order valence-electron chi connectivity index (χ2n) is 7.78. The third-order valence-corrected chi connectivity index (χ3v) is 5.06. The summed E-state index contributed by atoms with van der Waals surface area (Å²) in [5.41, 5.74) is 2.09. The number of rotatable bonds is 7. The van der Waals surface area contributed by atoms with Gasteiger partial charge in [0.2, 0.25) is 0 Å². The van der Waals surface area contributed by atoms with Gasteiger partial charge in [0.1, 0.15) is 11.4 Å². The maximum Gasteiger partial charge on any atom is 0.258 e. The summed E-state index contributed by atoms with van der Waals surface area (Å²) >= 11 is 0.